The Balaban J connectivity index is 1.78. The van der Waals surface area contributed by atoms with Crippen LogP contribution < -0.4 is 9.80 Å². The number of hydrogen-bond donors (Lipinski definition) is 0. The SMILES string of the molecule is Cc1nc(C(C)(C)C)nc(N2CCN(c3ncc(Br)cn3)CC2)c1C. The molecule has 0 radical (unpaired) electrons. The van der Waals surface area contributed by atoms with Crippen LogP contribution in [-0.2, 0) is 5.41 Å². The second-order valence-corrected chi connectivity index (χ2v) is 8.42. The quantitative estimate of drug-likeness (QED) is 0.765. The van der Waals surface area contributed by atoms with Crippen LogP contribution in [0.4, 0.5) is 11.8 Å². The van der Waals surface area contributed by atoms with Crippen LogP contribution in [0.25, 0.3) is 0 Å². The molecule has 3 rings (SSSR count). The van der Waals surface area contributed by atoms with E-state index in [1.165, 1.54) is 5.56 Å². The number of nitrogens with zero attached hydrogens (tertiary/aromatic N) is 6. The first-order valence-electron chi connectivity index (χ1n) is 8.59. The van der Waals surface area contributed by atoms with Crippen molar-refractivity contribution in [3.05, 3.63) is 33.9 Å². The molecule has 1 saturated heterocycles. The minimum Gasteiger partial charge on any atom is -0.353 e. The van der Waals surface area contributed by atoms with Crippen LogP contribution in [0, 0.1) is 13.8 Å². The average molecular weight is 405 g/mol. The molecule has 0 N–H and O–H groups in total. The summed E-state index contributed by atoms with van der Waals surface area (Å²) in [7, 11) is 0. The molecule has 0 atom stereocenters. The van der Waals surface area contributed by atoms with E-state index in [-0.39, 0.29) is 5.41 Å². The number of aromatic nitrogens is 4. The van der Waals surface area contributed by atoms with Gasteiger partial charge in [0, 0.05) is 55.2 Å². The summed E-state index contributed by atoms with van der Waals surface area (Å²) in [5.41, 5.74) is 2.18. The van der Waals surface area contributed by atoms with Crippen LogP contribution in [-0.4, -0.2) is 46.1 Å². The summed E-state index contributed by atoms with van der Waals surface area (Å²) in [6.07, 6.45) is 3.59. The highest BCUT2D eigenvalue weighted by molar-refractivity contribution is 9.10. The molecule has 6 nitrogen and oxygen atoms in total. The Morgan fingerprint density at radius 1 is 0.920 bits per heavy atom. The van der Waals surface area contributed by atoms with Crippen molar-refractivity contribution in [2.45, 2.75) is 40.0 Å². The maximum Gasteiger partial charge on any atom is 0.225 e. The molecule has 0 aromatic carbocycles. The molecule has 7 heteroatoms. The van der Waals surface area contributed by atoms with Gasteiger partial charge in [0.2, 0.25) is 5.95 Å². The predicted molar refractivity (Wildman–Crippen MR) is 104 cm³/mol. The highest BCUT2D eigenvalue weighted by Crippen LogP contribution is 2.26. The van der Waals surface area contributed by atoms with Crippen LogP contribution in [0.5, 0.6) is 0 Å². The molecule has 1 aliphatic rings. The van der Waals surface area contributed by atoms with E-state index in [1.54, 1.807) is 12.4 Å². The van der Waals surface area contributed by atoms with Crippen molar-refractivity contribution in [3.63, 3.8) is 0 Å². The lowest BCUT2D eigenvalue weighted by Gasteiger charge is -2.36. The zero-order chi connectivity index (χ0) is 18.2. The highest BCUT2D eigenvalue weighted by Gasteiger charge is 2.25. The summed E-state index contributed by atoms with van der Waals surface area (Å²) >= 11 is 3.38. The van der Waals surface area contributed by atoms with E-state index in [1.807, 2.05) is 0 Å². The van der Waals surface area contributed by atoms with Crippen molar-refractivity contribution in [3.8, 4) is 0 Å². The highest BCUT2D eigenvalue weighted by atomic mass is 79.9. The number of hydrogen-bond acceptors (Lipinski definition) is 6. The molecule has 25 heavy (non-hydrogen) atoms. The zero-order valence-electron chi connectivity index (χ0n) is 15.5. The van der Waals surface area contributed by atoms with Crippen molar-refractivity contribution in [2.24, 2.45) is 0 Å². The lowest BCUT2D eigenvalue weighted by molar-refractivity contribution is 0.538. The van der Waals surface area contributed by atoms with Crippen molar-refractivity contribution in [1.29, 1.82) is 0 Å². The Labute approximate surface area is 157 Å². The first kappa shape index (κ1) is 18.0. The summed E-state index contributed by atoms with van der Waals surface area (Å²) in [6.45, 7) is 14.2. The largest absolute Gasteiger partial charge is 0.353 e. The molecule has 0 saturated carbocycles. The van der Waals surface area contributed by atoms with E-state index in [9.17, 15) is 0 Å². The summed E-state index contributed by atoms with van der Waals surface area (Å²) in [5.74, 6) is 2.76. The van der Waals surface area contributed by atoms with Crippen LogP contribution in [0.3, 0.4) is 0 Å². The number of rotatable bonds is 2. The van der Waals surface area contributed by atoms with E-state index in [4.69, 9.17) is 9.97 Å². The second-order valence-electron chi connectivity index (χ2n) is 7.51. The minimum absolute atomic E-state index is 0.0553. The van der Waals surface area contributed by atoms with Gasteiger partial charge in [0.15, 0.2) is 0 Å². The van der Waals surface area contributed by atoms with Gasteiger partial charge in [-0.3, -0.25) is 0 Å². The molecule has 1 aliphatic heterocycles. The molecule has 0 aliphatic carbocycles. The van der Waals surface area contributed by atoms with Gasteiger partial charge in [0.05, 0.1) is 4.47 Å². The van der Waals surface area contributed by atoms with E-state index in [0.717, 1.165) is 53.9 Å². The molecule has 0 unspecified atom stereocenters. The van der Waals surface area contributed by atoms with Crippen LogP contribution in [0.15, 0.2) is 16.9 Å². The Bertz CT molecular complexity index is 745. The Morgan fingerprint density at radius 2 is 1.48 bits per heavy atom. The Hall–Kier alpha value is -1.76. The van der Waals surface area contributed by atoms with Crippen molar-refractivity contribution < 1.29 is 0 Å². The molecule has 1 fully saturated rings. The predicted octanol–water partition coefficient (Wildman–Crippen LogP) is 3.27. The monoisotopic (exact) mass is 404 g/mol. The van der Waals surface area contributed by atoms with E-state index < -0.39 is 0 Å². The van der Waals surface area contributed by atoms with Gasteiger partial charge in [-0.05, 0) is 29.8 Å². The standard InChI is InChI=1S/C18H25BrN6/c1-12-13(2)22-16(18(3,4)5)23-15(12)24-6-8-25(9-7-24)17-20-10-14(19)11-21-17/h10-11H,6-9H2,1-5H3. The molecule has 0 spiro atoms. The topological polar surface area (TPSA) is 58.0 Å². The summed E-state index contributed by atoms with van der Waals surface area (Å²) in [5, 5.41) is 0. The van der Waals surface area contributed by atoms with Gasteiger partial charge in [-0.15, -0.1) is 0 Å². The lowest BCUT2D eigenvalue weighted by atomic mass is 9.95. The smallest absolute Gasteiger partial charge is 0.225 e. The van der Waals surface area contributed by atoms with Gasteiger partial charge < -0.3 is 9.80 Å². The Morgan fingerprint density at radius 3 is 2.04 bits per heavy atom. The number of piperazine rings is 1. The summed E-state index contributed by atoms with van der Waals surface area (Å²) in [6, 6.07) is 0. The third kappa shape index (κ3) is 3.92. The summed E-state index contributed by atoms with van der Waals surface area (Å²) in [4.78, 5) is 23.0. The van der Waals surface area contributed by atoms with Crippen LogP contribution >= 0.6 is 15.9 Å². The molecule has 2 aromatic rings. The molecule has 3 heterocycles. The molecular formula is C18H25BrN6. The van der Waals surface area contributed by atoms with Gasteiger partial charge in [-0.25, -0.2) is 19.9 Å². The second kappa shape index (κ2) is 6.86. The third-order valence-electron chi connectivity index (χ3n) is 4.50. The van der Waals surface area contributed by atoms with Crippen molar-refractivity contribution in [1.82, 2.24) is 19.9 Å². The lowest BCUT2D eigenvalue weighted by Crippen LogP contribution is -2.47. The van der Waals surface area contributed by atoms with E-state index in [2.05, 4.69) is 70.3 Å². The van der Waals surface area contributed by atoms with Crippen LogP contribution in [0.2, 0.25) is 0 Å². The summed E-state index contributed by atoms with van der Waals surface area (Å²) < 4.78 is 0.900. The van der Waals surface area contributed by atoms with Gasteiger partial charge >= 0.3 is 0 Å². The average Bonchev–Trinajstić information content (AvgIpc) is 2.57. The molecule has 0 amide bonds. The maximum atomic E-state index is 4.90. The minimum atomic E-state index is -0.0553. The zero-order valence-corrected chi connectivity index (χ0v) is 17.1. The van der Waals surface area contributed by atoms with Gasteiger partial charge in [0.25, 0.3) is 0 Å². The molecule has 2 aromatic heterocycles. The van der Waals surface area contributed by atoms with Crippen LogP contribution in [0.1, 0.15) is 37.9 Å². The molecular weight excluding hydrogens is 380 g/mol. The van der Waals surface area contributed by atoms with Crippen molar-refractivity contribution >= 4 is 27.7 Å². The normalized spacial score (nSPS) is 15.6. The third-order valence-corrected chi connectivity index (χ3v) is 4.91. The fourth-order valence-electron chi connectivity index (χ4n) is 2.84. The van der Waals surface area contributed by atoms with E-state index >= 15 is 0 Å². The maximum absolute atomic E-state index is 4.90. The van der Waals surface area contributed by atoms with E-state index in [0.29, 0.717) is 0 Å². The van der Waals surface area contributed by atoms with Gasteiger partial charge in [0.1, 0.15) is 11.6 Å². The molecule has 134 valence electrons. The fraction of sp³-hybridized carbons (Fsp3) is 0.556. The number of aryl methyl sites for hydroxylation is 1. The van der Waals surface area contributed by atoms with Crippen molar-refractivity contribution in [2.75, 3.05) is 36.0 Å². The molecule has 0 bridgehead atoms. The first-order chi connectivity index (χ1) is 11.8. The first-order valence-corrected chi connectivity index (χ1v) is 9.38. The number of anilines is 2. The Kier molecular flexibility index (Phi) is 4.95. The number of halogens is 1. The van der Waals surface area contributed by atoms with Gasteiger partial charge in [-0.1, -0.05) is 20.8 Å². The fourth-order valence-corrected chi connectivity index (χ4v) is 3.05. The van der Waals surface area contributed by atoms with Gasteiger partial charge in [-0.2, -0.15) is 0 Å².